The Hall–Kier alpha value is -5.94. The van der Waals surface area contributed by atoms with Gasteiger partial charge in [-0.15, -0.1) is 0 Å². The second-order valence-electron chi connectivity index (χ2n) is 15.4. The van der Waals surface area contributed by atoms with Crippen LogP contribution in [0.3, 0.4) is 0 Å². The molecule has 0 radical (unpaired) electrons. The van der Waals surface area contributed by atoms with Crippen LogP contribution in [-0.2, 0) is 0 Å². The number of pyridine rings is 1. The summed E-state index contributed by atoms with van der Waals surface area (Å²) >= 11 is 0. The van der Waals surface area contributed by atoms with Crippen molar-refractivity contribution < 1.29 is 0 Å². The van der Waals surface area contributed by atoms with Crippen LogP contribution >= 0.6 is 0 Å². The molecule has 2 aliphatic heterocycles. The molecule has 1 saturated carbocycles. The second kappa shape index (κ2) is 13.5. The van der Waals surface area contributed by atoms with Gasteiger partial charge in [0, 0.05) is 50.5 Å². The van der Waals surface area contributed by atoms with Gasteiger partial charge >= 0.3 is 0 Å². The maximum atomic E-state index is 5.64. The molecule has 1 fully saturated rings. The SMILES string of the molecule is Cc1ccc(-c2cccc(C3N=C(c4ccc(C5=c6ccc7ccccc7c6=NC6C5CCC5CCC=CC56)cc4)N=C(c4ccccc4)N3)c2)c(C)n1. The first-order chi connectivity index (χ1) is 26.6. The summed E-state index contributed by atoms with van der Waals surface area (Å²) in [5.41, 5.74) is 10.1. The van der Waals surface area contributed by atoms with Crippen molar-refractivity contribution in [1.82, 2.24) is 10.3 Å². The number of hydrogen-bond donors (Lipinski definition) is 1. The number of hydrogen-bond acceptors (Lipinski definition) is 5. The fourth-order valence-corrected chi connectivity index (χ4v) is 9.46. The van der Waals surface area contributed by atoms with Gasteiger partial charge in [0.25, 0.3) is 0 Å². The van der Waals surface area contributed by atoms with E-state index in [-0.39, 0.29) is 12.2 Å². The fourth-order valence-electron chi connectivity index (χ4n) is 9.46. The number of nitrogens with one attached hydrogen (secondary N) is 1. The molecule has 5 unspecified atom stereocenters. The lowest BCUT2D eigenvalue weighted by Crippen LogP contribution is -2.47. The average molecular weight is 702 g/mol. The highest BCUT2D eigenvalue weighted by Gasteiger charge is 2.42. The molecule has 0 bridgehead atoms. The van der Waals surface area contributed by atoms with Crippen LogP contribution < -0.4 is 15.9 Å². The molecule has 5 heteroatoms. The lowest BCUT2D eigenvalue weighted by atomic mass is 9.63. The van der Waals surface area contributed by atoms with Crippen molar-refractivity contribution in [2.75, 3.05) is 0 Å². The smallest absolute Gasteiger partial charge is 0.159 e. The number of allylic oxidation sites excluding steroid dienone is 1. The van der Waals surface area contributed by atoms with E-state index in [2.05, 4.69) is 146 Å². The summed E-state index contributed by atoms with van der Waals surface area (Å²) in [7, 11) is 0. The van der Waals surface area contributed by atoms with Crippen LogP contribution in [0, 0.1) is 31.6 Å². The number of rotatable bonds is 5. The van der Waals surface area contributed by atoms with E-state index < -0.39 is 0 Å². The molecule has 5 nitrogen and oxygen atoms in total. The number of benzene rings is 5. The Morgan fingerprint density at radius 3 is 2.35 bits per heavy atom. The minimum absolute atomic E-state index is 0.260. The summed E-state index contributed by atoms with van der Waals surface area (Å²) in [4.78, 5) is 20.8. The van der Waals surface area contributed by atoms with Gasteiger partial charge < -0.3 is 5.32 Å². The largest absolute Gasteiger partial charge is 0.344 e. The van der Waals surface area contributed by atoms with Gasteiger partial charge in [0.1, 0.15) is 12.0 Å². The maximum Gasteiger partial charge on any atom is 0.159 e. The molecule has 4 aliphatic rings. The summed E-state index contributed by atoms with van der Waals surface area (Å²) < 4.78 is 0. The predicted molar refractivity (Wildman–Crippen MR) is 220 cm³/mol. The number of fused-ring (bicyclic) bond motifs is 6. The fraction of sp³-hybridized carbons (Fsp3) is 0.224. The lowest BCUT2D eigenvalue weighted by Gasteiger charge is -2.44. The molecule has 1 N–H and O–H groups in total. The highest BCUT2D eigenvalue weighted by atomic mass is 15.2. The normalized spacial score (nSPS) is 22.9. The van der Waals surface area contributed by atoms with Gasteiger partial charge in [-0.1, -0.05) is 127 Å². The van der Waals surface area contributed by atoms with Crippen molar-refractivity contribution in [3.8, 4) is 11.1 Å². The highest BCUT2D eigenvalue weighted by Crippen LogP contribution is 2.46. The molecule has 0 saturated heterocycles. The van der Waals surface area contributed by atoms with Crippen LogP contribution in [0.5, 0.6) is 0 Å². The first kappa shape index (κ1) is 32.7. The molecule has 3 heterocycles. The Morgan fingerprint density at radius 1 is 0.667 bits per heavy atom. The third-order valence-corrected chi connectivity index (χ3v) is 12.1. The van der Waals surface area contributed by atoms with Crippen LogP contribution in [0.25, 0.3) is 27.5 Å². The molecule has 2 aliphatic carbocycles. The molecule has 0 spiro atoms. The van der Waals surface area contributed by atoms with Crippen LogP contribution in [0.2, 0.25) is 0 Å². The van der Waals surface area contributed by atoms with Gasteiger partial charge in [0.15, 0.2) is 5.84 Å². The van der Waals surface area contributed by atoms with Gasteiger partial charge in [-0.2, -0.15) is 0 Å². The van der Waals surface area contributed by atoms with Gasteiger partial charge in [-0.05, 0) is 85.2 Å². The van der Waals surface area contributed by atoms with Crippen LogP contribution in [0.1, 0.15) is 65.5 Å². The minimum atomic E-state index is -0.306. The Kier molecular flexibility index (Phi) is 8.16. The quantitative estimate of drug-likeness (QED) is 0.182. The number of amidine groups is 2. The van der Waals surface area contributed by atoms with Crippen LogP contribution in [0.4, 0.5) is 0 Å². The van der Waals surface area contributed by atoms with E-state index in [4.69, 9.17) is 20.0 Å². The number of aromatic nitrogens is 1. The Morgan fingerprint density at radius 2 is 1.48 bits per heavy atom. The first-order valence-corrected chi connectivity index (χ1v) is 19.5. The molecule has 0 amide bonds. The summed E-state index contributed by atoms with van der Waals surface area (Å²) in [6.07, 6.45) is 9.51. The average Bonchev–Trinajstić information content (AvgIpc) is 3.23. The van der Waals surface area contributed by atoms with E-state index in [0.29, 0.717) is 11.8 Å². The Balaban J connectivity index is 1.07. The summed E-state index contributed by atoms with van der Waals surface area (Å²) in [6.45, 7) is 4.11. The van der Waals surface area contributed by atoms with E-state index in [1.807, 2.05) is 13.0 Å². The Labute approximate surface area is 316 Å². The molecule has 5 atom stereocenters. The monoisotopic (exact) mass is 701 g/mol. The molecule has 5 aromatic carbocycles. The molecule has 10 rings (SSSR count). The third kappa shape index (κ3) is 5.79. The van der Waals surface area contributed by atoms with Gasteiger partial charge in [0.05, 0.1) is 11.4 Å². The molecule has 1 aromatic heterocycles. The molecular formula is C49H43N5. The first-order valence-electron chi connectivity index (χ1n) is 19.5. The Bertz CT molecular complexity index is 2640. The van der Waals surface area contributed by atoms with Crippen molar-refractivity contribution in [1.29, 1.82) is 0 Å². The summed E-state index contributed by atoms with van der Waals surface area (Å²) in [5.74, 6) is 3.15. The second-order valence-corrected chi connectivity index (χ2v) is 15.4. The van der Waals surface area contributed by atoms with Crippen molar-refractivity contribution >= 4 is 28.0 Å². The number of nitrogens with zero attached hydrogens (tertiary/aromatic N) is 4. The predicted octanol–water partition coefficient (Wildman–Crippen LogP) is 9.21. The van der Waals surface area contributed by atoms with E-state index in [1.165, 1.54) is 52.8 Å². The van der Waals surface area contributed by atoms with E-state index in [0.717, 1.165) is 62.2 Å². The van der Waals surface area contributed by atoms with Crippen molar-refractivity contribution in [2.24, 2.45) is 32.7 Å². The molecular weight excluding hydrogens is 659 g/mol. The zero-order valence-corrected chi connectivity index (χ0v) is 30.8. The van der Waals surface area contributed by atoms with E-state index in [1.54, 1.807) is 0 Å². The van der Waals surface area contributed by atoms with Crippen molar-refractivity contribution in [2.45, 2.75) is 51.7 Å². The number of aryl methyl sites for hydroxylation is 2. The third-order valence-electron chi connectivity index (χ3n) is 12.1. The standard InChI is InChI=1S/C49H43N5/c1-30-19-26-39(31(2)50-30)37-15-10-16-38(29-37)49-53-47(35-13-4-3-5-14-35)52-48(54-49)36-22-20-34(21-23-36)44-42-27-24-32-11-6-8-17-40(32)45(42)51-46-41-18-9-7-12-33(41)25-28-43(44)46/h3-6,8-11,13-24,26-27,29,33,41,43,46,49H,7,12,25,28H2,1-2H3,(H,52,53,54). The topological polar surface area (TPSA) is 62.0 Å². The number of aliphatic imine (C=N–C) groups is 2. The van der Waals surface area contributed by atoms with E-state index in [9.17, 15) is 0 Å². The van der Waals surface area contributed by atoms with Crippen molar-refractivity contribution in [3.05, 3.63) is 184 Å². The van der Waals surface area contributed by atoms with Gasteiger partial charge in [-0.25, -0.2) is 9.98 Å². The van der Waals surface area contributed by atoms with Crippen LogP contribution in [0.15, 0.2) is 155 Å². The lowest BCUT2D eigenvalue weighted by molar-refractivity contribution is 0.192. The molecule has 54 heavy (non-hydrogen) atoms. The zero-order chi connectivity index (χ0) is 36.2. The molecule has 264 valence electrons. The van der Waals surface area contributed by atoms with Gasteiger partial charge in [0.2, 0.25) is 0 Å². The maximum absolute atomic E-state index is 5.64. The minimum Gasteiger partial charge on any atom is -0.344 e. The van der Waals surface area contributed by atoms with E-state index >= 15 is 0 Å². The highest BCUT2D eigenvalue weighted by molar-refractivity contribution is 6.13. The molecule has 6 aromatic rings. The van der Waals surface area contributed by atoms with Gasteiger partial charge in [-0.3, -0.25) is 9.98 Å². The zero-order valence-electron chi connectivity index (χ0n) is 30.8. The summed E-state index contributed by atoms with van der Waals surface area (Å²) in [5, 5.41) is 8.60. The van der Waals surface area contributed by atoms with Crippen LogP contribution in [-0.4, -0.2) is 22.7 Å². The van der Waals surface area contributed by atoms with Crippen molar-refractivity contribution in [3.63, 3.8) is 0 Å². The summed E-state index contributed by atoms with van der Waals surface area (Å²) in [6, 6.07) is 45.9.